The Morgan fingerprint density at radius 1 is 1.29 bits per heavy atom. The number of rotatable bonds is 3. The van der Waals surface area contributed by atoms with Crippen molar-refractivity contribution in [2.45, 2.75) is 45.6 Å². The first-order valence-corrected chi connectivity index (χ1v) is 6.50. The fourth-order valence-electron chi connectivity index (χ4n) is 2.81. The van der Waals surface area contributed by atoms with E-state index in [-0.39, 0.29) is 0 Å². The molecule has 1 aliphatic carbocycles. The lowest BCUT2D eigenvalue weighted by Gasteiger charge is -2.36. The van der Waals surface area contributed by atoms with Crippen LogP contribution in [-0.4, -0.2) is 13.2 Å². The summed E-state index contributed by atoms with van der Waals surface area (Å²) in [5, 5.41) is 3.63. The highest BCUT2D eigenvalue weighted by Crippen LogP contribution is 2.37. The van der Waals surface area contributed by atoms with Crippen molar-refractivity contribution < 1.29 is 4.74 Å². The molecule has 0 spiro atoms. The molecule has 0 amide bonds. The molecule has 1 atom stereocenters. The summed E-state index contributed by atoms with van der Waals surface area (Å²) in [4.78, 5) is 0. The van der Waals surface area contributed by atoms with Gasteiger partial charge in [-0.1, -0.05) is 32.4 Å². The zero-order chi connectivity index (χ0) is 12.3. The summed E-state index contributed by atoms with van der Waals surface area (Å²) < 4.78 is 5.38. The van der Waals surface area contributed by atoms with Gasteiger partial charge < -0.3 is 10.1 Å². The summed E-state index contributed by atoms with van der Waals surface area (Å²) in [7, 11) is 1.73. The van der Waals surface area contributed by atoms with Crippen LogP contribution in [0, 0.1) is 5.41 Å². The zero-order valence-corrected chi connectivity index (χ0v) is 11.1. The topological polar surface area (TPSA) is 21.3 Å². The van der Waals surface area contributed by atoms with E-state index < -0.39 is 0 Å². The summed E-state index contributed by atoms with van der Waals surface area (Å²) in [6.45, 7) is 4.73. The van der Waals surface area contributed by atoms with Gasteiger partial charge in [0.05, 0.1) is 12.8 Å². The summed E-state index contributed by atoms with van der Waals surface area (Å²) in [5.41, 5.74) is 1.59. The highest BCUT2D eigenvalue weighted by molar-refractivity contribution is 5.56. The van der Waals surface area contributed by atoms with Crippen molar-refractivity contribution >= 4 is 5.69 Å². The SMILES string of the molecule is COc1ccccc1NC1CCCC(C)(C)C1. The first-order chi connectivity index (χ1) is 8.11. The Morgan fingerprint density at radius 2 is 2.06 bits per heavy atom. The highest BCUT2D eigenvalue weighted by atomic mass is 16.5. The first kappa shape index (κ1) is 12.3. The Hall–Kier alpha value is -1.18. The molecule has 17 heavy (non-hydrogen) atoms. The van der Waals surface area contributed by atoms with Gasteiger partial charge in [-0.25, -0.2) is 0 Å². The van der Waals surface area contributed by atoms with Gasteiger partial charge in [-0.05, 0) is 36.8 Å². The molecule has 0 aromatic heterocycles. The molecule has 2 heteroatoms. The van der Waals surface area contributed by atoms with Gasteiger partial charge >= 0.3 is 0 Å². The van der Waals surface area contributed by atoms with Gasteiger partial charge in [-0.2, -0.15) is 0 Å². The molecule has 1 unspecified atom stereocenters. The van der Waals surface area contributed by atoms with E-state index in [9.17, 15) is 0 Å². The highest BCUT2D eigenvalue weighted by Gasteiger charge is 2.28. The summed E-state index contributed by atoms with van der Waals surface area (Å²) in [6, 6.07) is 8.75. The van der Waals surface area contributed by atoms with Gasteiger partial charge in [-0.15, -0.1) is 0 Å². The first-order valence-electron chi connectivity index (χ1n) is 6.50. The van der Waals surface area contributed by atoms with Crippen LogP contribution in [0.25, 0.3) is 0 Å². The van der Waals surface area contributed by atoms with Gasteiger partial charge in [0, 0.05) is 6.04 Å². The third kappa shape index (κ3) is 3.15. The molecular weight excluding hydrogens is 210 g/mol. The number of anilines is 1. The van der Waals surface area contributed by atoms with Crippen LogP contribution in [0.15, 0.2) is 24.3 Å². The second kappa shape index (κ2) is 4.99. The van der Waals surface area contributed by atoms with Crippen molar-refractivity contribution in [3.63, 3.8) is 0 Å². The third-order valence-corrected chi connectivity index (χ3v) is 3.67. The van der Waals surface area contributed by atoms with Gasteiger partial charge in [0.2, 0.25) is 0 Å². The zero-order valence-electron chi connectivity index (χ0n) is 11.1. The van der Waals surface area contributed by atoms with Crippen LogP contribution in [0.5, 0.6) is 5.75 Å². The Labute approximate surface area is 104 Å². The molecule has 0 bridgehead atoms. The third-order valence-electron chi connectivity index (χ3n) is 3.67. The van der Waals surface area contributed by atoms with Crippen molar-refractivity contribution in [1.29, 1.82) is 0 Å². The van der Waals surface area contributed by atoms with Crippen molar-refractivity contribution in [2.24, 2.45) is 5.41 Å². The number of hydrogen-bond donors (Lipinski definition) is 1. The molecule has 94 valence electrons. The molecular formula is C15H23NO. The fourth-order valence-corrected chi connectivity index (χ4v) is 2.81. The molecule has 1 saturated carbocycles. The number of para-hydroxylation sites is 2. The van der Waals surface area contributed by atoms with E-state index in [2.05, 4.69) is 31.3 Å². The molecule has 0 radical (unpaired) electrons. The molecule has 0 heterocycles. The molecule has 1 N–H and O–H groups in total. The largest absolute Gasteiger partial charge is 0.495 e. The van der Waals surface area contributed by atoms with Crippen LogP contribution in [0.3, 0.4) is 0 Å². The number of benzene rings is 1. The lowest BCUT2D eigenvalue weighted by atomic mass is 9.75. The van der Waals surface area contributed by atoms with Crippen LogP contribution in [-0.2, 0) is 0 Å². The fraction of sp³-hybridized carbons (Fsp3) is 0.600. The van der Waals surface area contributed by atoms with E-state index >= 15 is 0 Å². The average molecular weight is 233 g/mol. The van der Waals surface area contributed by atoms with Gasteiger partial charge in [-0.3, -0.25) is 0 Å². The molecule has 1 fully saturated rings. The minimum absolute atomic E-state index is 0.470. The second-order valence-electron chi connectivity index (χ2n) is 5.80. The lowest BCUT2D eigenvalue weighted by Crippen LogP contribution is -2.31. The predicted molar refractivity (Wildman–Crippen MR) is 72.7 cm³/mol. The normalized spacial score (nSPS) is 23.1. The Bertz CT molecular complexity index is 373. The Balaban J connectivity index is 2.05. The Kier molecular flexibility index (Phi) is 3.60. The van der Waals surface area contributed by atoms with Crippen LogP contribution < -0.4 is 10.1 Å². The summed E-state index contributed by atoms with van der Waals surface area (Å²) in [5.74, 6) is 0.941. The van der Waals surface area contributed by atoms with Gasteiger partial charge in [0.15, 0.2) is 0 Å². The number of nitrogens with one attached hydrogen (secondary N) is 1. The monoisotopic (exact) mass is 233 g/mol. The number of ether oxygens (including phenoxy) is 1. The molecule has 1 aromatic rings. The summed E-state index contributed by atoms with van der Waals surface area (Å²) in [6.07, 6.45) is 5.17. The van der Waals surface area contributed by atoms with Crippen molar-refractivity contribution in [3.05, 3.63) is 24.3 Å². The number of methoxy groups -OCH3 is 1. The predicted octanol–water partition coefficient (Wildman–Crippen LogP) is 4.08. The number of hydrogen-bond acceptors (Lipinski definition) is 2. The molecule has 1 aromatic carbocycles. The maximum Gasteiger partial charge on any atom is 0.141 e. The van der Waals surface area contributed by atoms with E-state index in [0.29, 0.717) is 11.5 Å². The average Bonchev–Trinajstić information content (AvgIpc) is 2.28. The standard InChI is InChI=1S/C15H23NO/c1-15(2)10-6-7-12(11-15)16-13-8-4-5-9-14(13)17-3/h4-5,8-9,12,16H,6-7,10-11H2,1-3H3. The molecule has 0 saturated heterocycles. The summed E-state index contributed by atoms with van der Waals surface area (Å²) >= 11 is 0. The van der Waals surface area contributed by atoms with Crippen LogP contribution in [0.4, 0.5) is 5.69 Å². The molecule has 2 nitrogen and oxygen atoms in total. The van der Waals surface area contributed by atoms with E-state index in [4.69, 9.17) is 4.74 Å². The minimum atomic E-state index is 0.470. The van der Waals surface area contributed by atoms with E-state index in [1.54, 1.807) is 7.11 Å². The van der Waals surface area contributed by atoms with E-state index in [0.717, 1.165) is 11.4 Å². The minimum Gasteiger partial charge on any atom is -0.495 e. The Morgan fingerprint density at radius 3 is 2.76 bits per heavy atom. The van der Waals surface area contributed by atoms with Gasteiger partial charge in [0.1, 0.15) is 5.75 Å². The maximum atomic E-state index is 5.38. The van der Waals surface area contributed by atoms with Crippen molar-refractivity contribution in [1.82, 2.24) is 0 Å². The maximum absolute atomic E-state index is 5.38. The van der Waals surface area contributed by atoms with E-state index in [1.807, 2.05) is 12.1 Å². The van der Waals surface area contributed by atoms with E-state index in [1.165, 1.54) is 25.7 Å². The van der Waals surface area contributed by atoms with Crippen molar-refractivity contribution in [2.75, 3.05) is 12.4 Å². The molecule has 2 rings (SSSR count). The van der Waals surface area contributed by atoms with Crippen molar-refractivity contribution in [3.8, 4) is 5.75 Å². The molecule has 1 aliphatic rings. The van der Waals surface area contributed by atoms with Crippen LogP contribution in [0.2, 0.25) is 0 Å². The van der Waals surface area contributed by atoms with Crippen LogP contribution in [0.1, 0.15) is 39.5 Å². The quantitative estimate of drug-likeness (QED) is 0.849. The van der Waals surface area contributed by atoms with Crippen LogP contribution >= 0.6 is 0 Å². The molecule has 0 aliphatic heterocycles. The lowest BCUT2D eigenvalue weighted by molar-refractivity contribution is 0.229. The smallest absolute Gasteiger partial charge is 0.141 e. The van der Waals surface area contributed by atoms with Gasteiger partial charge in [0.25, 0.3) is 0 Å². The second-order valence-corrected chi connectivity index (χ2v) is 5.80.